The van der Waals surface area contributed by atoms with Crippen LogP contribution >= 0.6 is 0 Å². The van der Waals surface area contributed by atoms with Crippen LogP contribution in [0, 0.1) is 0 Å². The summed E-state index contributed by atoms with van der Waals surface area (Å²) in [4.78, 5) is 11.5. The highest BCUT2D eigenvalue weighted by Crippen LogP contribution is 2.17. The van der Waals surface area contributed by atoms with E-state index in [2.05, 4.69) is 10.6 Å². The van der Waals surface area contributed by atoms with Crippen molar-refractivity contribution >= 4 is 17.3 Å². The lowest BCUT2D eigenvalue weighted by molar-refractivity contribution is -0.119. The monoisotopic (exact) mass is 295 g/mol. The Labute approximate surface area is 126 Å². The zero-order valence-electron chi connectivity index (χ0n) is 12.7. The van der Waals surface area contributed by atoms with Gasteiger partial charge in [0.1, 0.15) is 6.61 Å². The van der Waals surface area contributed by atoms with Gasteiger partial charge in [-0.1, -0.05) is 6.07 Å². The highest BCUT2D eigenvalue weighted by Gasteiger charge is 2.08. The average molecular weight is 295 g/mol. The topological polar surface area (TPSA) is 85.6 Å². The average Bonchev–Trinajstić information content (AvgIpc) is 2.45. The normalized spacial score (nSPS) is 12.0. The molecule has 0 saturated carbocycles. The number of hydrogen-bond acceptors (Lipinski definition) is 5. The van der Waals surface area contributed by atoms with Crippen LogP contribution in [0.5, 0.6) is 0 Å². The van der Waals surface area contributed by atoms with E-state index in [1.807, 2.05) is 24.3 Å². The number of ether oxygens (including phenoxy) is 2. The summed E-state index contributed by atoms with van der Waals surface area (Å²) in [6, 6.07) is 7.76. The Morgan fingerprint density at radius 3 is 2.71 bits per heavy atom. The zero-order valence-corrected chi connectivity index (χ0v) is 12.7. The third-order valence-corrected chi connectivity index (χ3v) is 2.92. The smallest absolute Gasteiger partial charge is 0.250 e. The standard InChI is InChI=1S/C15H25N3O3/c1-20-10-14(7-4-8-16)17-12-5-3-6-13(9-12)18-15(19)11-21-2/h3,5-6,9,14,17H,4,7-8,10-11,16H2,1-2H3,(H,18,19). The van der Waals surface area contributed by atoms with Crippen molar-refractivity contribution in [2.75, 3.05) is 44.6 Å². The fraction of sp³-hybridized carbons (Fsp3) is 0.533. The molecule has 1 aromatic carbocycles. The molecule has 6 heteroatoms. The number of methoxy groups -OCH3 is 2. The number of benzene rings is 1. The first-order valence-electron chi connectivity index (χ1n) is 7.04. The molecule has 0 bridgehead atoms. The van der Waals surface area contributed by atoms with Crippen molar-refractivity contribution in [2.45, 2.75) is 18.9 Å². The first-order chi connectivity index (χ1) is 10.2. The number of nitrogens with two attached hydrogens (primary N) is 1. The van der Waals surface area contributed by atoms with E-state index in [0.717, 1.165) is 24.2 Å². The van der Waals surface area contributed by atoms with Crippen LogP contribution in [-0.4, -0.2) is 45.9 Å². The minimum absolute atomic E-state index is 0.0421. The second kappa shape index (κ2) is 10.1. The van der Waals surface area contributed by atoms with Gasteiger partial charge in [-0.2, -0.15) is 0 Å². The van der Waals surface area contributed by atoms with Gasteiger partial charge in [-0.05, 0) is 37.6 Å². The van der Waals surface area contributed by atoms with E-state index in [9.17, 15) is 4.79 Å². The predicted octanol–water partition coefficient (Wildman–Crippen LogP) is 1.44. The minimum Gasteiger partial charge on any atom is -0.383 e. The number of nitrogens with one attached hydrogen (secondary N) is 2. The molecule has 0 aliphatic heterocycles. The Morgan fingerprint density at radius 1 is 1.29 bits per heavy atom. The van der Waals surface area contributed by atoms with E-state index in [-0.39, 0.29) is 18.6 Å². The van der Waals surface area contributed by atoms with Gasteiger partial charge in [0.2, 0.25) is 5.91 Å². The predicted molar refractivity (Wildman–Crippen MR) is 84.5 cm³/mol. The van der Waals surface area contributed by atoms with Crippen LogP contribution < -0.4 is 16.4 Å². The summed E-state index contributed by atoms with van der Waals surface area (Å²) in [5, 5.41) is 6.17. The number of carbonyl (C=O) groups excluding carboxylic acids is 1. The molecule has 0 radical (unpaired) electrons. The molecule has 0 fully saturated rings. The molecule has 1 amide bonds. The maximum Gasteiger partial charge on any atom is 0.250 e. The van der Waals surface area contributed by atoms with Crippen LogP contribution in [0.25, 0.3) is 0 Å². The minimum atomic E-state index is -0.175. The molecule has 1 rings (SSSR count). The van der Waals surface area contributed by atoms with Crippen molar-refractivity contribution in [3.8, 4) is 0 Å². The Bertz CT molecular complexity index is 426. The third-order valence-electron chi connectivity index (χ3n) is 2.92. The Kier molecular flexibility index (Phi) is 8.42. The Hall–Kier alpha value is -1.63. The second-order valence-corrected chi connectivity index (χ2v) is 4.79. The lowest BCUT2D eigenvalue weighted by Gasteiger charge is -2.19. The van der Waals surface area contributed by atoms with Gasteiger partial charge in [0.25, 0.3) is 0 Å². The summed E-state index contributed by atoms with van der Waals surface area (Å²) in [5.41, 5.74) is 7.21. The van der Waals surface area contributed by atoms with Crippen molar-refractivity contribution in [3.05, 3.63) is 24.3 Å². The number of hydrogen-bond donors (Lipinski definition) is 3. The summed E-state index contributed by atoms with van der Waals surface area (Å²) in [6.07, 6.45) is 1.87. The highest BCUT2D eigenvalue weighted by atomic mass is 16.5. The molecule has 1 unspecified atom stereocenters. The number of rotatable bonds is 10. The molecule has 0 heterocycles. The largest absolute Gasteiger partial charge is 0.383 e. The van der Waals surface area contributed by atoms with Gasteiger partial charge in [-0.3, -0.25) is 4.79 Å². The fourth-order valence-electron chi connectivity index (χ4n) is 2.01. The summed E-state index contributed by atoms with van der Waals surface area (Å²) in [6.45, 7) is 1.32. The quantitative estimate of drug-likeness (QED) is 0.608. The lowest BCUT2D eigenvalue weighted by Crippen LogP contribution is -2.26. The number of amides is 1. The Balaban J connectivity index is 2.62. The van der Waals surface area contributed by atoms with E-state index in [0.29, 0.717) is 13.2 Å². The maximum absolute atomic E-state index is 11.5. The molecule has 21 heavy (non-hydrogen) atoms. The van der Waals surface area contributed by atoms with Crippen LogP contribution in [0.2, 0.25) is 0 Å². The Morgan fingerprint density at radius 2 is 2.05 bits per heavy atom. The molecule has 1 atom stereocenters. The van der Waals surface area contributed by atoms with Crippen molar-refractivity contribution in [1.29, 1.82) is 0 Å². The lowest BCUT2D eigenvalue weighted by atomic mass is 10.1. The molecule has 118 valence electrons. The molecule has 1 aromatic rings. The molecule has 4 N–H and O–H groups in total. The van der Waals surface area contributed by atoms with Crippen LogP contribution in [0.1, 0.15) is 12.8 Å². The van der Waals surface area contributed by atoms with Crippen LogP contribution in [-0.2, 0) is 14.3 Å². The zero-order chi connectivity index (χ0) is 15.5. The number of carbonyl (C=O) groups is 1. The van der Waals surface area contributed by atoms with Gasteiger partial charge in [-0.25, -0.2) is 0 Å². The van der Waals surface area contributed by atoms with Crippen LogP contribution in [0.3, 0.4) is 0 Å². The number of anilines is 2. The van der Waals surface area contributed by atoms with E-state index in [1.54, 1.807) is 7.11 Å². The molecule has 0 aromatic heterocycles. The molecule has 0 spiro atoms. The van der Waals surface area contributed by atoms with E-state index >= 15 is 0 Å². The molecule has 0 aliphatic carbocycles. The highest BCUT2D eigenvalue weighted by molar-refractivity contribution is 5.92. The molecule has 6 nitrogen and oxygen atoms in total. The summed E-state index contributed by atoms with van der Waals surface area (Å²) in [5.74, 6) is -0.175. The van der Waals surface area contributed by atoms with Crippen LogP contribution in [0.4, 0.5) is 11.4 Å². The summed E-state index contributed by atoms with van der Waals surface area (Å²) < 4.78 is 10.0. The molecular formula is C15H25N3O3. The molecule has 0 aliphatic rings. The van der Waals surface area contributed by atoms with Crippen molar-refractivity contribution < 1.29 is 14.3 Å². The molecule has 0 saturated heterocycles. The fourth-order valence-corrected chi connectivity index (χ4v) is 2.01. The third kappa shape index (κ3) is 7.08. The van der Waals surface area contributed by atoms with E-state index < -0.39 is 0 Å². The maximum atomic E-state index is 11.5. The molecular weight excluding hydrogens is 270 g/mol. The SMILES string of the molecule is COCC(=O)Nc1cccc(NC(CCCN)COC)c1. The first-order valence-corrected chi connectivity index (χ1v) is 7.04. The van der Waals surface area contributed by atoms with Crippen LogP contribution in [0.15, 0.2) is 24.3 Å². The first kappa shape index (κ1) is 17.4. The van der Waals surface area contributed by atoms with Crippen molar-refractivity contribution in [1.82, 2.24) is 0 Å². The second-order valence-electron chi connectivity index (χ2n) is 4.79. The van der Waals surface area contributed by atoms with Gasteiger partial charge < -0.3 is 25.8 Å². The van der Waals surface area contributed by atoms with Gasteiger partial charge in [-0.15, -0.1) is 0 Å². The van der Waals surface area contributed by atoms with Gasteiger partial charge in [0, 0.05) is 31.6 Å². The van der Waals surface area contributed by atoms with Crippen molar-refractivity contribution in [2.24, 2.45) is 5.73 Å². The van der Waals surface area contributed by atoms with Crippen molar-refractivity contribution in [3.63, 3.8) is 0 Å². The van der Waals surface area contributed by atoms with E-state index in [4.69, 9.17) is 15.2 Å². The van der Waals surface area contributed by atoms with Gasteiger partial charge in [0.05, 0.1) is 6.61 Å². The van der Waals surface area contributed by atoms with Gasteiger partial charge in [0.15, 0.2) is 0 Å². The summed E-state index contributed by atoms with van der Waals surface area (Å²) >= 11 is 0. The van der Waals surface area contributed by atoms with E-state index in [1.165, 1.54) is 7.11 Å². The summed E-state index contributed by atoms with van der Waals surface area (Å²) in [7, 11) is 3.17. The van der Waals surface area contributed by atoms with Gasteiger partial charge >= 0.3 is 0 Å².